The average molecular weight is 402 g/mol. The Labute approximate surface area is 173 Å². The lowest BCUT2D eigenvalue weighted by Crippen LogP contribution is -2.35. The van der Waals surface area contributed by atoms with E-state index < -0.39 is 17.8 Å². The molecule has 0 N–H and O–H groups in total. The number of benzene rings is 1. The van der Waals surface area contributed by atoms with Gasteiger partial charge in [-0.05, 0) is 31.8 Å². The zero-order chi connectivity index (χ0) is 22.0. The summed E-state index contributed by atoms with van der Waals surface area (Å²) in [5.74, 6) is -1.89. The van der Waals surface area contributed by atoms with Crippen molar-refractivity contribution in [3.63, 3.8) is 0 Å². The van der Waals surface area contributed by atoms with Crippen molar-refractivity contribution in [1.82, 2.24) is 9.80 Å². The fourth-order valence-corrected chi connectivity index (χ4v) is 2.33. The predicted molar refractivity (Wildman–Crippen MR) is 106 cm³/mol. The first kappa shape index (κ1) is 24.5. The van der Waals surface area contributed by atoms with E-state index in [-0.39, 0.29) is 25.6 Å². The van der Waals surface area contributed by atoms with Crippen LogP contribution in [0.25, 0.3) is 0 Å². The van der Waals surface area contributed by atoms with Crippen LogP contribution in [-0.2, 0) is 34.0 Å². The minimum absolute atomic E-state index is 0.0917. The van der Waals surface area contributed by atoms with Gasteiger partial charge in [0, 0.05) is 38.4 Å². The summed E-state index contributed by atoms with van der Waals surface area (Å²) >= 11 is 0. The molecule has 0 saturated heterocycles. The van der Waals surface area contributed by atoms with Crippen molar-refractivity contribution in [3.05, 3.63) is 28.8 Å². The summed E-state index contributed by atoms with van der Waals surface area (Å²) < 4.78 is 20.4. The molecule has 9 nitrogen and oxygen atoms in total. The zero-order valence-corrected chi connectivity index (χ0v) is 17.1. The van der Waals surface area contributed by atoms with E-state index in [9.17, 15) is 14.4 Å². The van der Waals surface area contributed by atoms with Crippen LogP contribution in [0.2, 0.25) is 0 Å². The Morgan fingerprint density at radius 3 is 1.83 bits per heavy atom. The molecular formula is C18H24B2N2O7. The molecule has 0 bridgehead atoms. The van der Waals surface area contributed by atoms with Crippen molar-refractivity contribution in [2.45, 2.75) is 19.8 Å². The Hall–Kier alpha value is -2.52. The molecule has 1 amide bonds. The molecule has 29 heavy (non-hydrogen) atoms. The Morgan fingerprint density at radius 2 is 1.41 bits per heavy atom. The lowest BCUT2D eigenvalue weighted by Gasteiger charge is -2.22. The normalized spacial score (nSPS) is 10.5. The number of methoxy groups -OCH3 is 1. The van der Waals surface area contributed by atoms with Gasteiger partial charge in [0.25, 0.3) is 0 Å². The number of hydrogen-bond donors (Lipinski definition) is 0. The monoisotopic (exact) mass is 402 g/mol. The molecule has 0 unspecified atom stereocenters. The van der Waals surface area contributed by atoms with Gasteiger partial charge in [-0.2, -0.15) is 0 Å². The number of likely N-dealkylation sites (N-methyl/N-ethyl adjacent to an activating group) is 2. The van der Waals surface area contributed by atoms with Gasteiger partial charge in [-0.25, -0.2) is 4.79 Å². The summed E-state index contributed by atoms with van der Waals surface area (Å²) in [6, 6.07) is 3.28. The van der Waals surface area contributed by atoms with Gasteiger partial charge in [-0.15, -0.1) is 0 Å². The maximum atomic E-state index is 12.5. The molecule has 0 heterocycles. The van der Waals surface area contributed by atoms with E-state index >= 15 is 0 Å². The first-order valence-electron chi connectivity index (χ1n) is 8.69. The second-order valence-corrected chi connectivity index (χ2v) is 6.48. The topological polar surface area (TPSA) is 94.6 Å². The van der Waals surface area contributed by atoms with Gasteiger partial charge in [-0.1, -0.05) is 0 Å². The molecule has 0 atom stereocenters. The van der Waals surface area contributed by atoms with Crippen LogP contribution in [0.3, 0.4) is 0 Å². The molecular weight excluding hydrogens is 378 g/mol. The lowest BCUT2D eigenvalue weighted by molar-refractivity contribution is 0.150. The van der Waals surface area contributed by atoms with E-state index in [1.165, 1.54) is 12.0 Å². The summed E-state index contributed by atoms with van der Waals surface area (Å²) in [5.41, 5.74) is 1.39. The second kappa shape index (κ2) is 12.1. The molecule has 1 aromatic rings. The quantitative estimate of drug-likeness (QED) is 0.543. The van der Waals surface area contributed by atoms with Crippen LogP contribution in [0.4, 0.5) is 14.4 Å². The van der Waals surface area contributed by atoms with Crippen LogP contribution < -0.4 is 4.74 Å². The third-order valence-electron chi connectivity index (χ3n) is 3.74. The second-order valence-electron chi connectivity index (χ2n) is 6.48. The molecule has 0 aliphatic heterocycles. The van der Waals surface area contributed by atoms with Crippen molar-refractivity contribution >= 4 is 33.5 Å². The summed E-state index contributed by atoms with van der Waals surface area (Å²) in [5, 5.41) is 0. The van der Waals surface area contributed by atoms with Crippen molar-refractivity contribution in [2.75, 3.05) is 41.3 Å². The molecule has 0 saturated carbocycles. The van der Waals surface area contributed by atoms with E-state index in [2.05, 4.69) is 0 Å². The average Bonchev–Trinajstić information content (AvgIpc) is 2.64. The van der Waals surface area contributed by atoms with E-state index in [1.54, 1.807) is 19.2 Å². The van der Waals surface area contributed by atoms with E-state index in [0.29, 0.717) is 29.8 Å². The van der Waals surface area contributed by atoms with Gasteiger partial charge in [0.2, 0.25) is 27.4 Å². The van der Waals surface area contributed by atoms with Gasteiger partial charge in [-0.3, -0.25) is 9.59 Å². The maximum Gasteiger partial charge on any atom is 0.415 e. The predicted octanol–water partition coefficient (Wildman–Crippen LogP) is 1.44. The van der Waals surface area contributed by atoms with Crippen molar-refractivity contribution in [1.29, 1.82) is 0 Å². The van der Waals surface area contributed by atoms with Crippen molar-refractivity contribution in [3.8, 4) is 5.75 Å². The summed E-state index contributed by atoms with van der Waals surface area (Å²) in [6.45, 7) is 0.784. The largest absolute Gasteiger partial charge is 0.470 e. The number of amides is 1. The fourth-order valence-electron chi connectivity index (χ4n) is 2.33. The molecule has 0 aliphatic rings. The van der Waals surface area contributed by atoms with Crippen molar-refractivity contribution in [2.24, 2.45) is 0 Å². The number of rotatable bonds is 10. The van der Waals surface area contributed by atoms with Crippen LogP contribution in [-0.4, -0.2) is 84.7 Å². The molecule has 1 rings (SSSR count). The molecule has 1 aromatic carbocycles. The van der Waals surface area contributed by atoms with Crippen LogP contribution in [0, 0.1) is 0 Å². The Bertz CT molecular complexity index is 689. The number of hydrogen-bond acceptors (Lipinski definition) is 8. The molecule has 154 valence electrons. The van der Waals surface area contributed by atoms with Gasteiger partial charge < -0.3 is 28.7 Å². The molecule has 4 radical (unpaired) electrons. The Kier molecular flexibility index (Phi) is 10.3. The first-order valence-corrected chi connectivity index (χ1v) is 8.69. The lowest BCUT2D eigenvalue weighted by atomic mass is 10.0. The molecule has 0 fully saturated rings. The van der Waals surface area contributed by atoms with Crippen LogP contribution in [0.15, 0.2) is 12.1 Å². The highest BCUT2D eigenvalue weighted by Crippen LogP contribution is 2.29. The molecule has 11 heteroatoms. The minimum Gasteiger partial charge on any atom is -0.470 e. The number of nitrogens with zero attached hydrogens (tertiary/aromatic N) is 2. The standard InChI is InChI=1S/C18H24B2N2O7/c1-21(2)5-6-22(3)18(25)29-15-13(10-27-16(19)23)7-12(9-26-4)8-14(15)11-28-17(20)24/h7-8H,5-6,9-11H2,1-4H3. The van der Waals surface area contributed by atoms with Gasteiger partial charge in [0.05, 0.1) is 6.61 Å². The zero-order valence-electron chi connectivity index (χ0n) is 17.1. The Morgan fingerprint density at radius 1 is 0.897 bits per heavy atom. The Balaban J connectivity index is 3.22. The fraction of sp³-hybridized carbons (Fsp3) is 0.500. The maximum absolute atomic E-state index is 12.5. The third kappa shape index (κ3) is 9.01. The van der Waals surface area contributed by atoms with E-state index in [4.69, 9.17) is 34.6 Å². The van der Waals surface area contributed by atoms with Gasteiger partial charge >= 0.3 is 6.09 Å². The first-order chi connectivity index (χ1) is 13.6. The summed E-state index contributed by atoms with van der Waals surface area (Å²) in [7, 11) is 17.0. The van der Waals surface area contributed by atoms with Crippen LogP contribution in [0.1, 0.15) is 16.7 Å². The molecule has 0 aliphatic carbocycles. The molecule has 0 aromatic heterocycles. The minimum atomic E-state index is -0.988. The number of ether oxygens (including phenoxy) is 4. The van der Waals surface area contributed by atoms with Crippen molar-refractivity contribution < 1.29 is 33.3 Å². The number of carbonyl (C=O) groups excluding carboxylic acids is 3. The van der Waals surface area contributed by atoms with Crippen LogP contribution >= 0.6 is 0 Å². The van der Waals surface area contributed by atoms with E-state index in [1.807, 2.05) is 19.0 Å². The highest BCUT2D eigenvalue weighted by molar-refractivity contribution is 6.55. The van der Waals surface area contributed by atoms with Crippen LogP contribution in [0.5, 0.6) is 5.75 Å². The van der Waals surface area contributed by atoms with E-state index in [0.717, 1.165) is 0 Å². The highest BCUT2D eigenvalue weighted by atomic mass is 16.6. The highest BCUT2D eigenvalue weighted by Gasteiger charge is 2.20. The van der Waals surface area contributed by atoms with Gasteiger partial charge in [0.15, 0.2) is 0 Å². The third-order valence-corrected chi connectivity index (χ3v) is 3.74. The summed E-state index contributed by atoms with van der Waals surface area (Å²) in [6.07, 6.45) is -0.632. The summed E-state index contributed by atoms with van der Waals surface area (Å²) in [4.78, 5) is 37.9. The SMILES string of the molecule is [B]C(=O)OCc1cc(COC)cc(COC([B])=O)c1OC(=O)N(C)CCN(C)C. The van der Waals surface area contributed by atoms with Gasteiger partial charge in [0.1, 0.15) is 19.0 Å². The number of carbonyl (C=O) groups is 3. The smallest absolute Gasteiger partial charge is 0.415 e. The molecule has 0 spiro atoms.